The van der Waals surface area contributed by atoms with Gasteiger partial charge < -0.3 is 15.4 Å². The molecular weight excluding hydrogens is 420 g/mol. The van der Waals surface area contributed by atoms with Gasteiger partial charge in [-0.25, -0.2) is 0 Å². The van der Waals surface area contributed by atoms with Crippen LogP contribution in [0.4, 0.5) is 5.69 Å². The van der Waals surface area contributed by atoms with E-state index in [1.54, 1.807) is 24.3 Å². The second-order valence-corrected chi connectivity index (χ2v) is 10.9. The summed E-state index contributed by atoms with van der Waals surface area (Å²) in [6.45, 7) is 5.18. The van der Waals surface area contributed by atoms with E-state index >= 15 is 0 Å². The zero-order valence-corrected chi connectivity index (χ0v) is 19.7. The number of rotatable bonds is 8. The van der Waals surface area contributed by atoms with E-state index < -0.39 is 5.41 Å². The number of hydrogen-bond acceptors (Lipinski definition) is 5. The summed E-state index contributed by atoms with van der Waals surface area (Å²) < 4.78 is 5.56. The van der Waals surface area contributed by atoms with Gasteiger partial charge in [-0.3, -0.25) is 19.2 Å². The van der Waals surface area contributed by atoms with Crippen LogP contribution < -0.4 is 10.6 Å². The fourth-order valence-electron chi connectivity index (χ4n) is 6.71. The van der Waals surface area contributed by atoms with Crippen molar-refractivity contribution in [1.82, 2.24) is 5.32 Å². The van der Waals surface area contributed by atoms with Crippen molar-refractivity contribution in [2.24, 2.45) is 23.2 Å². The Morgan fingerprint density at radius 2 is 1.67 bits per heavy atom. The van der Waals surface area contributed by atoms with Crippen LogP contribution in [-0.2, 0) is 19.1 Å². The lowest BCUT2D eigenvalue weighted by Gasteiger charge is -2.60. The maximum absolute atomic E-state index is 13.2. The zero-order valence-electron chi connectivity index (χ0n) is 19.7. The normalized spacial score (nSPS) is 29.6. The molecule has 4 fully saturated rings. The summed E-state index contributed by atoms with van der Waals surface area (Å²) in [5, 5.41) is 5.96. The largest absolute Gasteiger partial charge is 0.457 e. The topological polar surface area (TPSA) is 102 Å². The maximum atomic E-state index is 13.2. The number of hydrogen-bond donors (Lipinski definition) is 2. The molecule has 4 aliphatic rings. The molecule has 4 bridgehead atoms. The molecule has 7 heteroatoms. The van der Waals surface area contributed by atoms with Crippen molar-refractivity contribution >= 4 is 29.3 Å². The van der Waals surface area contributed by atoms with Gasteiger partial charge in [-0.2, -0.15) is 0 Å². The molecule has 4 saturated carbocycles. The molecule has 1 aromatic rings. The molecule has 0 saturated heterocycles. The summed E-state index contributed by atoms with van der Waals surface area (Å²) in [5.74, 6) is 0.397. The highest BCUT2D eigenvalue weighted by atomic mass is 16.5. The molecule has 33 heavy (non-hydrogen) atoms. The third-order valence-electron chi connectivity index (χ3n) is 7.35. The monoisotopic (exact) mass is 454 g/mol. The summed E-state index contributed by atoms with van der Waals surface area (Å²) in [4.78, 5) is 49.5. The maximum Gasteiger partial charge on any atom is 0.312 e. The first-order chi connectivity index (χ1) is 15.6. The number of ketones is 1. The summed E-state index contributed by atoms with van der Waals surface area (Å²) in [5.41, 5.74) is 0.155. The molecule has 5 rings (SSSR count). The van der Waals surface area contributed by atoms with Gasteiger partial charge in [0.15, 0.2) is 12.4 Å². The highest BCUT2D eigenvalue weighted by Crippen LogP contribution is 2.62. The van der Waals surface area contributed by atoms with E-state index in [4.69, 9.17) is 4.74 Å². The Hall–Kier alpha value is -2.70. The van der Waals surface area contributed by atoms with E-state index in [1.807, 2.05) is 13.8 Å². The van der Waals surface area contributed by atoms with Crippen molar-refractivity contribution < 1.29 is 23.9 Å². The molecule has 0 spiro atoms. The van der Waals surface area contributed by atoms with Crippen LogP contribution in [0.2, 0.25) is 0 Å². The lowest BCUT2D eigenvalue weighted by Crippen LogP contribution is -2.64. The van der Waals surface area contributed by atoms with Gasteiger partial charge in [0.2, 0.25) is 11.8 Å². The summed E-state index contributed by atoms with van der Waals surface area (Å²) in [6, 6.07) is 6.64. The van der Waals surface area contributed by atoms with Gasteiger partial charge in [0, 0.05) is 30.1 Å². The summed E-state index contributed by atoms with van der Waals surface area (Å²) >= 11 is 0. The number of carbonyl (C=O) groups excluding carboxylic acids is 4. The van der Waals surface area contributed by atoms with Gasteiger partial charge >= 0.3 is 5.97 Å². The molecule has 1 aromatic carbocycles. The van der Waals surface area contributed by atoms with Crippen molar-refractivity contribution in [2.75, 3.05) is 11.9 Å². The first-order valence-corrected chi connectivity index (χ1v) is 12.0. The number of amides is 2. The lowest BCUT2D eigenvalue weighted by molar-refractivity contribution is -0.174. The molecule has 2 atom stereocenters. The average Bonchev–Trinajstić information content (AvgIpc) is 2.69. The SMILES string of the molecule is CC(=O)NC12CC3CC(C1)CC(C(=O)OCC(=O)c1ccc(NC(=O)CC(C)C)cc1)(C3)C2. The Kier molecular flexibility index (Phi) is 6.34. The van der Waals surface area contributed by atoms with E-state index in [9.17, 15) is 19.2 Å². The fourth-order valence-corrected chi connectivity index (χ4v) is 6.71. The Labute approximate surface area is 195 Å². The predicted octanol–water partition coefficient (Wildman–Crippen LogP) is 3.87. The highest BCUT2D eigenvalue weighted by molar-refractivity contribution is 5.99. The first-order valence-electron chi connectivity index (χ1n) is 12.0. The van der Waals surface area contributed by atoms with Crippen LogP contribution in [0.1, 0.15) is 76.1 Å². The van der Waals surface area contributed by atoms with E-state index in [-0.39, 0.29) is 41.6 Å². The van der Waals surface area contributed by atoms with Crippen molar-refractivity contribution in [3.8, 4) is 0 Å². The van der Waals surface area contributed by atoms with Crippen LogP contribution in [0, 0.1) is 23.2 Å². The minimum atomic E-state index is -0.600. The molecule has 0 aliphatic heterocycles. The molecule has 178 valence electrons. The third kappa shape index (κ3) is 5.12. The second kappa shape index (κ2) is 8.92. The number of benzene rings is 1. The van der Waals surface area contributed by atoms with Crippen LogP contribution in [0.15, 0.2) is 24.3 Å². The van der Waals surface area contributed by atoms with Crippen molar-refractivity contribution in [3.05, 3.63) is 29.8 Å². The molecular formula is C26H34N2O5. The van der Waals surface area contributed by atoms with Crippen LogP contribution >= 0.6 is 0 Å². The Balaban J connectivity index is 1.35. The second-order valence-electron chi connectivity index (χ2n) is 10.9. The van der Waals surface area contributed by atoms with Crippen molar-refractivity contribution in [3.63, 3.8) is 0 Å². The number of nitrogens with one attached hydrogen (secondary N) is 2. The molecule has 2 N–H and O–H groups in total. The zero-order chi connectivity index (χ0) is 23.8. The standard InChI is InChI=1S/C26H34N2O5/c1-16(2)8-23(31)27-21-6-4-20(5-7-21)22(30)14-33-24(32)25-10-18-9-19(11-25)13-26(12-18,15-25)28-17(3)29/h4-7,16,18-19H,8-15H2,1-3H3,(H,27,31)(H,28,29). The highest BCUT2D eigenvalue weighted by Gasteiger charge is 2.61. The molecule has 0 heterocycles. The smallest absolute Gasteiger partial charge is 0.312 e. The molecule has 0 radical (unpaired) electrons. The van der Waals surface area contributed by atoms with Gasteiger partial charge in [0.25, 0.3) is 0 Å². The lowest BCUT2D eigenvalue weighted by atomic mass is 9.47. The Morgan fingerprint density at radius 3 is 2.24 bits per heavy atom. The number of esters is 1. The molecule has 7 nitrogen and oxygen atoms in total. The van der Waals surface area contributed by atoms with Crippen LogP contribution in [0.25, 0.3) is 0 Å². The third-order valence-corrected chi connectivity index (χ3v) is 7.35. The molecule has 0 aromatic heterocycles. The van der Waals surface area contributed by atoms with E-state index in [2.05, 4.69) is 10.6 Å². The number of anilines is 1. The van der Waals surface area contributed by atoms with Crippen molar-refractivity contribution in [1.29, 1.82) is 0 Å². The molecule has 2 amide bonds. The summed E-state index contributed by atoms with van der Waals surface area (Å²) in [7, 11) is 0. The number of Topliss-reactive ketones (excluding diaryl/α,β-unsaturated/α-hetero) is 1. The van der Waals surface area contributed by atoms with E-state index in [0.717, 1.165) is 32.1 Å². The van der Waals surface area contributed by atoms with Gasteiger partial charge in [-0.1, -0.05) is 13.8 Å². The summed E-state index contributed by atoms with van der Waals surface area (Å²) in [6.07, 6.45) is 5.56. The first kappa shape index (κ1) is 23.5. The van der Waals surface area contributed by atoms with Gasteiger partial charge in [0.1, 0.15) is 0 Å². The predicted molar refractivity (Wildman–Crippen MR) is 123 cm³/mol. The minimum absolute atomic E-state index is 0.0560. The molecule has 4 aliphatic carbocycles. The Bertz CT molecular complexity index is 938. The van der Waals surface area contributed by atoms with Gasteiger partial charge in [-0.15, -0.1) is 0 Å². The quantitative estimate of drug-likeness (QED) is 0.459. The fraction of sp³-hybridized carbons (Fsp3) is 0.615. The van der Waals surface area contributed by atoms with Crippen LogP contribution in [0.3, 0.4) is 0 Å². The van der Waals surface area contributed by atoms with E-state index in [0.29, 0.717) is 35.9 Å². The van der Waals surface area contributed by atoms with Crippen LogP contribution in [0.5, 0.6) is 0 Å². The van der Waals surface area contributed by atoms with Crippen LogP contribution in [-0.4, -0.2) is 35.7 Å². The number of ether oxygens (including phenoxy) is 1. The van der Waals surface area contributed by atoms with E-state index in [1.165, 1.54) is 6.92 Å². The molecule has 2 unspecified atom stereocenters. The van der Waals surface area contributed by atoms with Crippen molar-refractivity contribution in [2.45, 2.75) is 71.3 Å². The van der Waals surface area contributed by atoms with Gasteiger partial charge in [0.05, 0.1) is 5.41 Å². The average molecular weight is 455 g/mol. The van der Waals surface area contributed by atoms with Gasteiger partial charge in [-0.05, 0) is 80.5 Å². The Morgan fingerprint density at radius 1 is 1.03 bits per heavy atom. The minimum Gasteiger partial charge on any atom is -0.457 e. The number of carbonyl (C=O) groups is 4.